The Morgan fingerprint density at radius 1 is 0.339 bits per heavy atom. The van der Waals surface area contributed by atoms with Crippen molar-refractivity contribution >= 4 is 34.6 Å². The maximum absolute atomic E-state index is 5.05. The summed E-state index contributed by atoms with van der Waals surface area (Å²) in [6.07, 6.45) is 32.3. The number of benzene rings is 1. The molecule has 0 atom stereocenters. The predicted molar refractivity (Wildman–Crippen MR) is 238 cm³/mol. The van der Waals surface area contributed by atoms with E-state index in [4.69, 9.17) is 19.9 Å². The van der Waals surface area contributed by atoms with Gasteiger partial charge in [0.25, 0.3) is 0 Å². The largest absolute Gasteiger partial charge is 0.279 e. The van der Waals surface area contributed by atoms with Gasteiger partial charge < -0.3 is 0 Å². The van der Waals surface area contributed by atoms with Crippen LogP contribution in [0.25, 0.3) is 0 Å². The van der Waals surface area contributed by atoms with Crippen molar-refractivity contribution in [3.63, 3.8) is 0 Å². The quantitative estimate of drug-likeness (QED) is 0.0524. The molecular weight excluding hydrogens is 685 g/mol. The van der Waals surface area contributed by atoms with E-state index in [1.54, 1.807) is 0 Å². The van der Waals surface area contributed by atoms with Gasteiger partial charge in [-0.3, -0.25) is 9.80 Å². The molecule has 5 rings (SSSR count). The van der Waals surface area contributed by atoms with Crippen molar-refractivity contribution in [1.29, 1.82) is 0 Å². The highest BCUT2D eigenvalue weighted by atomic mass is 15.3. The van der Waals surface area contributed by atoms with Gasteiger partial charge in [-0.25, -0.2) is 19.9 Å². The van der Waals surface area contributed by atoms with E-state index in [2.05, 4.69) is 110 Å². The molecule has 1 aromatic carbocycles. The lowest BCUT2D eigenvalue weighted by Crippen LogP contribution is -2.16. The van der Waals surface area contributed by atoms with Gasteiger partial charge in [0.05, 0.1) is 11.4 Å². The van der Waals surface area contributed by atoms with Crippen LogP contribution in [-0.4, -0.2) is 19.9 Å². The smallest absolute Gasteiger partial charge is 0.138 e. The Kier molecular flexibility index (Phi) is 18.3. The molecule has 0 unspecified atom stereocenters. The van der Waals surface area contributed by atoms with Gasteiger partial charge in [-0.1, -0.05) is 135 Å². The first kappa shape index (κ1) is 42.6. The normalized spacial score (nSPS) is 11.2. The predicted octanol–water partition coefficient (Wildman–Crippen LogP) is 14.7. The molecule has 0 saturated carbocycles. The molecule has 4 heterocycles. The molecule has 4 aromatic heterocycles. The van der Waals surface area contributed by atoms with Gasteiger partial charge in [0.1, 0.15) is 23.3 Å². The van der Waals surface area contributed by atoms with Crippen LogP contribution in [0.1, 0.15) is 153 Å². The summed E-state index contributed by atoms with van der Waals surface area (Å²) < 4.78 is 0. The minimum absolute atomic E-state index is 0.852. The zero-order valence-electron chi connectivity index (χ0n) is 35.1. The van der Waals surface area contributed by atoms with Gasteiger partial charge in [-0.2, -0.15) is 0 Å². The van der Waals surface area contributed by atoms with E-state index in [-0.39, 0.29) is 0 Å². The highest BCUT2D eigenvalue weighted by molar-refractivity contribution is 5.79. The molecule has 0 saturated heterocycles. The van der Waals surface area contributed by atoms with E-state index in [9.17, 15) is 0 Å². The van der Waals surface area contributed by atoms with Crippen LogP contribution in [0.2, 0.25) is 0 Å². The van der Waals surface area contributed by atoms with E-state index < -0.39 is 0 Å². The Hall–Kier alpha value is -4.58. The Bertz CT molecular complexity index is 1540. The third-order valence-corrected chi connectivity index (χ3v) is 10.8. The fraction of sp³-hybridized carbons (Fsp3) is 0.480. The highest BCUT2D eigenvalue weighted by Gasteiger charge is 2.20. The van der Waals surface area contributed by atoms with E-state index in [0.717, 1.165) is 60.3 Å². The third-order valence-electron chi connectivity index (χ3n) is 10.8. The Labute approximate surface area is 339 Å². The summed E-state index contributed by atoms with van der Waals surface area (Å²) in [5.41, 5.74) is 7.08. The first-order chi connectivity index (χ1) is 27.6. The zero-order chi connectivity index (χ0) is 39.2. The van der Waals surface area contributed by atoms with Crippen LogP contribution < -0.4 is 9.80 Å². The minimum Gasteiger partial charge on any atom is -0.279 e. The summed E-state index contributed by atoms with van der Waals surface area (Å²) in [5.74, 6) is 3.41. The van der Waals surface area contributed by atoms with Gasteiger partial charge in [-0.15, -0.1) is 0 Å². The molecule has 0 fully saturated rings. The molecule has 5 aromatic rings. The van der Waals surface area contributed by atoms with Crippen LogP contribution in [0.5, 0.6) is 0 Å². The number of anilines is 6. The van der Waals surface area contributed by atoms with E-state index in [1.807, 2.05) is 24.8 Å². The second-order valence-corrected chi connectivity index (χ2v) is 15.5. The lowest BCUT2D eigenvalue weighted by atomic mass is 10.1. The van der Waals surface area contributed by atoms with Crippen LogP contribution in [-0.2, 0) is 25.7 Å². The molecule has 56 heavy (non-hydrogen) atoms. The zero-order valence-corrected chi connectivity index (χ0v) is 35.1. The Morgan fingerprint density at radius 3 is 0.857 bits per heavy atom. The fourth-order valence-corrected chi connectivity index (χ4v) is 7.35. The molecular formula is C50H68N6. The fourth-order valence-electron chi connectivity index (χ4n) is 7.35. The summed E-state index contributed by atoms with van der Waals surface area (Å²) in [6, 6.07) is 26.2. The second kappa shape index (κ2) is 24.1. The molecule has 0 aliphatic heterocycles. The molecule has 0 spiro atoms. The van der Waals surface area contributed by atoms with Crippen molar-refractivity contribution in [2.75, 3.05) is 9.80 Å². The summed E-state index contributed by atoms with van der Waals surface area (Å²) >= 11 is 0. The Balaban J connectivity index is 1.49. The summed E-state index contributed by atoms with van der Waals surface area (Å²) in [6.45, 7) is 9.04. The van der Waals surface area contributed by atoms with Crippen molar-refractivity contribution in [2.24, 2.45) is 0 Å². The lowest BCUT2D eigenvalue weighted by molar-refractivity contribution is 0.666. The van der Waals surface area contributed by atoms with Crippen LogP contribution in [0.3, 0.4) is 0 Å². The summed E-state index contributed by atoms with van der Waals surface area (Å²) in [5, 5.41) is 0. The number of hydrogen-bond donors (Lipinski definition) is 0. The van der Waals surface area contributed by atoms with Crippen molar-refractivity contribution in [3.8, 4) is 0 Å². The van der Waals surface area contributed by atoms with Gasteiger partial charge >= 0.3 is 0 Å². The number of rotatable bonds is 26. The molecule has 0 aliphatic carbocycles. The number of nitrogens with zero attached hydrogens (tertiary/aromatic N) is 6. The molecule has 0 amide bonds. The Morgan fingerprint density at radius 2 is 0.625 bits per heavy atom. The molecule has 6 nitrogen and oxygen atoms in total. The maximum Gasteiger partial charge on any atom is 0.138 e. The van der Waals surface area contributed by atoms with Crippen LogP contribution >= 0.6 is 0 Å². The minimum atomic E-state index is 0.852. The van der Waals surface area contributed by atoms with E-state index in [1.165, 1.54) is 125 Å². The van der Waals surface area contributed by atoms with Crippen LogP contribution in [0, 0.1) is 0 Å². The number of unbranched alkanes of at least 4 members (excludes halogenated alkanes) is 12. The van der Waals surface area contributed by atoms with Crippen LogP contribution in [0.15, 0.2) is 97.6 Å². The standard InChI is InChI=1S/C50H68N6/c1-5-9-13-17-22-41-28-32-47(51-37-41)55(48-33-29-42(38-52-48)23-18-14-10-6-2)45-26-21-27-46(36-45)56(49-34-30-43(39-53-49)24-19-15-11-7-3)50-35-31-44(40-54-50)25-20-16-12-8-4/h21,26-40H,5-20,22-25H2,1-4H3. The van der Waals surface area contributed by atoms with Gasteiger partial charge in [0, 0.05) is 24.8 Å². The molecule has 298 valence electrons. The number of pyridine rings is 4. The van der Waals surface area contributed by atoms with Crippen molar-refractivity contribution in [2.45, 2.75) is 156 Å². The monoisotopic (exact) mass is 753 g/mol. The number of hydrogen-bond acceptors (Lipinski definition) is 6. The second-order valence-electron chi connectivity index (χ2n) is 15.5. The average Bonchev–Trinajstić information content (AvgIpc) is 3.24. The molecule has 0 aliphatic rings. The average molecular weight is 753 g/mol. The van der Waals surface area contributed by atoms with Gasteiger partial charge in [-0.05, 0) is 116 Å². The molecule has 0 N–H and O–H groups in total. The van der Waals surface area contributed by atoms with Gasteiger partial charge in [0.2, 0.25) is 0 Å². The SMILES string of the molecule is CCCCCCc1ccc(N(c2cccc(N(c3ccc(CCCCCC)cn3)c3ccc(CCCCCC)cn3)c2)c2ccc(CCCCCC)cn2)nc1. The summed E-state index contributed by atoms with van der Waals surface area (Å²) in [4.78, 5) is 24.6. The number of aromatic nitrogens is 4. The molecule has 0 radical (unpaired) electrons. The lowest BCUT2D eigenvalue weighted by Gasteiger charge is -2.27. The highest BCUT2D eigenvalue weighted by Crippen LogP contribution is 2.38. The first-order valence-corrected chi connectivity index (χ1v) is 22.1. The third kappa shape index (κ3) is 13.3. The van der Waals surface area contributed by atoms with E-state index >= 15 is 0 Å². The topological polar surface area (TPSA) is 58.0 Å². The van der Waals surface area contributed by atoms with Crippen molar-refractivity contribution in [3.05, 3.63) is 120 Å². The van der Waals surface area contributed by atoms with Crippen LogP contribution in [0.4, 0.5) is 34.6 Å². The maximum atomic E-state index is 5.05. The molecule has 6 heteroatoms. The first-order valence-electron chi connectivity index (χ1n) is 22.1. The van der Waals surface area contributed by atoms with Crippen molar-refractivity contribution in [1.82, 2.24) is 19.9 Å². The number of aryl methyl sites for hydroxylation is 4. The van der Waals surface area contributed by atoms with E-state index in [0.29, 0.717) is 0 Å². The summed E-state index contributed by atoms with van der Waals surface area (Å²) in [7, 11) is 0. The van der Waals surface area contributed by atoms with Crippen molar-refractivity contribution < 1.29 is 0 Å². The molecule has 0 bridgehead atoms. The van der Waals surface area contributed by atoms with Gasteiger partial charge in [0.15, 0.2) is 0 Å².